The van der Waals surface area contributed by atoms with Gasteiger partial charge in [-0.2, -0.15) is 0 Å². The van der Waals surface area contributed by atoms with Gasteiger partial charge >= 0.3 is 0 Å². The number of hydrogen-bond acceptors (Lipinski definition) is 2. The molecule has 1 aliphatic heterocycles. The van der Waals surface area contributed by atoms with Gasteiger partial charge < -0.3 is 0 Å². The van der Waals surface area contributed by atoms with Crippen LogP contribution in [0.5, 0.6) is 0 Å². The maximum Gasteiger partial charge on any atom is 0.266 e. The van der Waals surface area contributed by atoms with Crippen LogP contribution in [0.15, 0.2) is 54.6 Å². The maximum atomic E-state index is 12.6. The summed E-state index contributed by atoms with van der Waals surface area (Å²) in [5, 5.41) is 0.590. The predicted octanol–water partition coefficient (Wildman–Crippen LogP) is 3.61. The van der Waals surface area contributed by atoms with Gasteiger partial charge in [-0.25, -0.2) is 4.90 Å². The molecule has 0 atom stereocenters. The first-order valence-electron chi connectivity index (χ1n) is 6.49. The summed E-state index contributed by atoms with van der Waals surface area (Å²) in [6.45, 7) is 1.87. The van der Waals surface area contributed by atoms with Crippen LogP contribution in [0.2, 0.25) is 5.02 Å². The number of anilines is 1. The van der Waals surface area contributed by atoms with E-state index in [0.717, 1.165) is 5.56 Å². The van der Waals surface area contributed by atoms with E-state index in [2.05, 4.69) is 0 Å². The average molecular weight is 298 g/mol. The fourth-order valence-electron chi connectivity index (χ4n) is 2.35. The highest BCUT2D eigenvalue weighted by Gasteiger charge is 2.33. The number of halogens is 1. The highest BCUT2D eigenvalue weighted by molar-refractivity contribution is 6.43. The number of imide groups is 1. The van der Waals surface area contributed by atoms with Crippen LogP contribution < -0.4 is 4.90 Å². The quantitative estimate of drug-likeness (QED) is 0.794. The standard InChI is InChI=1S/C17H12ClNO2/c1-11-4-2-3-5-15(11)19-16(20)10-14(17(19)21)12-6-8-13(18)9-7-12/h2-10H,1H3. The third-order valence-electron chi connectivity index (χ3n) is 3.43. The molecule has 104 valence electrons. The average Bonchev–Trinajstić information content (AvgIpc) is 2.76. The van der Waals surface area contributed by atoms with Gasteiger partial charge in [-0.15, -0.1) is 0 Å². The van der Waals surface area contributed by atoms with Crippen LogP contribution >= 0.6 is 11.6 Å². The molecule has 0 spiro atoms. The number of carbonyl (C=O) groups is 2. The minimum atomic E-state index is -0.320. The summed E-state index contributed by atoms with van der Waals surface area (Å²) >= 11 is 5.85. The Morgan fingerprint density at radius 2 is 1.62 bits per heavy atom. The van der Waals surface area contributed by atoms with Crippen LogP contribution in [0.25, 0.3) is 5.57 Å². The zero-order chi connectivity index (χ0) is 15.0. The lowest BCUT2D eigenvalue weighted by atomic mass is 10.1. The lowest BCUT2D eigenvalue weighted by Crippen LogP contribution is -2.31. The summed E-state index contributed by atoms with van der Waals surface area (Å²) in [5.41, 5.74) is 2.58. The van der Waals surface area contributed by atoms with Crippen LogP contribution in [0.3, 0.4) is 0 Å². The lowest BCUT2D eigenvalue weighted by molar-refractivity contribution is -0.119. The highest BCUT2D eigenvalue weighted by Crippen LogP contribution is 2.30. The topological polar surface area (TPSA) is 37.4 Å². The molecule has 21 heavy (non-hydrogen) atoms. The van der Waals surface area contributed by atoms with E-state index in [1.807, 2.05) is 25.1 Å². The molecule has 0 unspecified atom stereocenters. The van der Waals surface area contributed by atoms with E-state index in [4.69, 9.17) is 11.6 Å². The molecule has 0 bridgehead atoms. The normalized spacial score (nSPS) is 14.6. The summed E-state index contributed by atoms with van der Waals surface area (Å²) in [6, 6.07) is 14.2. The van der Waals surface area contributed by atoms with Crippen LogP contribution in [0, 0.1) is 6.92 Å². The molecule has 0 saturated carbocycles. The molecule has 4 heteroatoms. The number of aryl methyl sites for hydroxylation is 1. The van der Waals surface area contributed by atoms with Crippen molar-refractivity contribution in [1.29, 1.82) is 0 Å². The van der Waals surface area contributed by atoms with Gasteiger partial charge in [-0.3, -0.25) is 9.59 Å². The summed E-state index contributed by atoms with van der Waals surface area (Å²) in [4.78, 5) is 26.0. The Bertz CT molecular complexity index is 763. The van der Waals surface area contributed by atoms with Gasteiger partial charge in [-0.1, -0.05) is 41.9 Å². The van der Waals surface area contributed by atoms with Gasteiger partial charge in [-0.05, 0) is 36.2 Å². The van der Waals surface area contributed by atoms with E-state index in [0.29, 0.717) is 21.8 Å². The molecule has 3 nitrogen and oxygen atoms in total. The molecule has 2 aromatic carbocycles. The van der Waals surface area contributed by atoms with E-state index >= 15 is 0 Å². The van der Waals surface area contributed by atoms with E-state index in [-0.39, 0.29) is 11.8 Å². The second-order valence-corrected chi connectivity index (χ2v) is 5.27. The van der Waals surface area contributed by atoms with Crippen molar-refractivity contribution in [3.05, 3.63) is 70.8 Å². The first kappa shape index (κ1) is 13.6. The molecule has 0 radical (unpaired) electrons. The highest BCUT2D eigenvalue weighted by atomic mass is 35.5. The van der Waals surface area contributed by atoms with Gasteiger partial charge in [0.2, 0.25) is 0 Å². The number of carbonyl (C=O) groups excluding carboxylic acids is 2. The SMILES string of the molecule is Cc1ccccc1N1C(=O)C=C(c2ccc(Cl)cc2)C1=O. The zero-order valence-corrected chi connectivity index (χ0v) is 12.1. The van der Waals surface area contributed by atoms with Crippen LogP contribution in [0.4, 0.5) is 5.69 Å². The molecule has 0 aromatic heterocycles. The Kier molecular flexibility index (Phi) is 3.35. The minimum absolute atomic E-state index is 0.309. The number of amides is 2. The number of rotatable bonds is 2. The molecule has 2 amide bonds. The van der Waals surface area contributed by atoms with Crippen molar-refractivity contribution in [2.75, 3.05) is 4.90 Å². The second kappa shape index (κ2) is 5.19. The third-order valence-corrected chi connectivity index (χ3v) is 3.69. The van der Waals surface area contributed by atoms with E-state index in [9.17, 15) is 9.59 Å². The van der Waals surface area contributed by atoms with Crippen molar-refractivity contribution in [3.63, 3.8) is 0 Å². The maximum absolute atomic E-state index is 12.6. The largest absolute Gasteiger partial charge is 0.269 e. The van der Waals surface area contributed by atoms with Crippen molar-refractivity contribution < 1.29 is 9.59 Å². The number of hydrogen-bond donors (Lipinski definition) is 0. The summed E-state index contributed by atoms with van der Waals surface area (Å²) in [5.74, 6) is -0.629. The fraction of sp³-hybridized carbons (Fsp3) is 0.0588. The van der Waals surface area contributed by atoms with Gasteiger partial charge in [0.05, 0.1) is 11.3 Å². The van der Waals surface area contributed by atoms with Crippen molar-refractivity contribution in [2.45, 2.75) is 6.92 Å². The minimum Gasteiger partial charge on any atom is -0.269 e. The number of para-hydroxylation sites is 1. The zero-order valence-electron chi connectivity index (χ0n) is 11.3. The van der Waals surface area contributed by atoms with Crippen LogP contribution in [-0.2, 0) is 9.59 Å². The predicted molar refractivity (Wildman–Crippen MR) is 83.1 cm³/mol. The van der Waals surface area contributed by atoms with Crippen LogP contribution in [0.1, 0.15) is 11.1 Å². The van der Waals surface area contributed by atoms with E-state index in [1.54, 1.807) is 30.3 Å². The number of benzene rings is 2. The molecular weight excluding hydrogens is 286 g/mol. The molecule has 0 saturated heterocycles. The summed E-state index contributed by atoms with van der Waals surface area (Å²) < 4.78 is 0. The van der Waals surface area contributed by atoms with E-state index in [1.165, 1.54) is 11.0 Å². The Morgan fingerprint density at radius 3 is 2.29 bits per heavy atom. The molecule has 1 aliphatic rings. The fourth-order valence-corrected chi connectivity index (χ4v) is 2.47. The molecular formula is C17H12ClNO2. The van der Waals surface area contributed by atoms with Gasteiger partial charge in [0.15, 0.2) is 0 Å². The third kappa shape index (κ3) is 2.36. The Morgan fingerprint density at radius 1 is 0.952 bits per heavy atom. The van der Waals surface area contributed by atoms with Crippen molar-refractivity contribution in [3.8, 4) is 0 Å². The smallest absolute Gasteiger partial charge is 0.266 e. The second-order valence-electron chi connectivity index (χ2n) is 4.83. The molecule has 2 aromatic rings. The van der Waals surface area contributed by atoms with Gasteiger partial charge in [0.1, 0.15) is 0 Å². The van der Waals surface area contributed by atoms with Crippen molar-refractivity contribution in [2.24, 2.45) is 0 Å². The monoisotopic (exact) mass is 297 g/mol. The van der Waals surface area contributed by atoms with Crippen molar-refractivity contribution >= 4 is 34.7 Å². The van der Waals surface area contributed by atoms with E-state index < -0.39 is 0 Å². The summed E-state index contributed by atoms with van der Waals surface area (Å²) in [6.07, 6.45) is 1.37. The number of nitrogens with zero attached hydrogens (tertiary/aromatic N) is 1. The molecule has 0 fully saturated rings. The Balaban J connectivity index is 2.00. The molecule has 1 heterocycles. The first-order valence-corrected chi connectivity index (χ1v) is 6.87. The molecule has 0 N–H and O–H groups in total. The molecule has 0 aliphatic carbocycles. The lowest BCUT2D eigenvalue weighted by Gasteiger charge is -2.17. The van der Waals surface area contributed by atoms with Gasteiger partial charge in [0, 0.05) is 11.1 Å². The molecule has 3 rings (SSSR count). The van der Waals surface area contributed by atoms with Gasteiger partial charge in [0.25, 0.3) is 11.8 Å². The Labute approximate surface area is 127 Å². The summed E-state index contributed by atoms with van der Waals surface area (Å²) in [7, 11) is 0. The van der Waals surface area contributed by atoms with Crippen molar-refractivity contribution in [1.82, 2.24) is 0 Å². The van der Waals surface area contributed by atoms with Crippen LogP contribution in [-0.4, -0.2) is 11.8 Å². The Hall–Kier alpha value is -2.39. The first-order chi connectivity index (χ1) is 10.1.